The number of nitrogens with two attached hydrogens (primary N) is 1. The van der Waals surface area contributed by atoms with E-state index in [0.717, 1.165) is 21.6 Å². The molecule has 2 aliphatic rings. The van der Waals surface area contributed by atoms with Crippen molar-refractivity contribution in [2.75, 3.05) is 5.32 Å². The van der Waals surface area contributed by atoms with Crippen LogP contribution in [0.4, 0.5) is 5.69 Å². The van der Waals surface area contributed by atoms with Crippen LogP contribution in [0.1, 0.15) is 34.4 Å². The molecule has 5 atom stereocenters. The van der Waals surface area contributed by atoms with E-state index in [1.807, 2.05) is 90.3 Å². The fraction of sp³-hybridized carbons (Fsp3) is 0.244. The van der Waals surface area contributed by atoms with Gasteiger partial charge in [-0.1, -0.05) is 103 Å². The molecule has 0 unspecified atom stereocenters. The van der Waals surface area contributed by atoms with Crippen molar-refractivity contribution in [1.82, 2.24) is 16.0 Å². The van der Waals surface area contributed by atoms with E-state index in [0.29, 0.717) is 16.8 Å². The van der Waals surface area contributed by atoms with Gasteiger partial charge in [0, 0.05) is 29.8 Å². The number of anilines is 1. The zero-order chi connectivity index (χ0) is 41.0. The van der Waals surface area contributed by atoms with Gasteiger partial charge in [-0.3, -0.25) is 28.8 Å². The molecular formula is C45H45N5O7S. The first-order valence-electron chi connectivity index (χ1n) is 19.0. The number of aliphatic carboxylic acids is 1. The van der Waals surface area contributed by atoms with Crippen LogP contribution in [-0.2, 0) is 54.5 Å². The Morgan fingerprint density at radius 2 is 1.17 bits per heavy atom. The summed E-state index contributed by atoms with van der Waals surface area (Å²) in [6.07, 6.45) is -0.589. The Morgan fingerprint density at radius 3 is 1.81 bits per heavy atom. The first-order chi connectivity index (χ1) is 28.0. The van der Waals surface area contributed by atoms with Crippen molar-refractivity contribution in [3.63, 3.8) is 0 Å². The number of fused-ring (bicyclic) bond motifs is 18. The molecule has 0 spiro atoms. The van der Waals surface area contributed by atoms with Crippen molar-refractivity contribution in [2.45, 2.75) is 62.7 Å². The molecule has 2 bridgehead atoms. The Balaban J connectivity index is 1.35. The summed E-state index contributed by atoms with van der Waals surface area (Å²) in [6.45, 7) is 0. The number of carboxylic acid groups (broad SMARTS) is 1. The molecular weight excluding hydrogens is 755 g/mol. The van der Waals surface area contributed by atoms with Crippen LogP contribution in [0.3, 0.4) is 0 Å². The average Bonchev–Trinajstić information content (AvgIpc) is 3.74. The first-order valence-corrected chi connectivity index (χ1v) is 19.9. The minimum absolute atomic E-state index is 0.00956. The first kappa shape index (κ1) is 41.2. The maximum atomic E-state index is 14.4. The lowest BCUT2D eigenvalue weighted by atomic mass is 9.90. The summed E-state index contributed by atoms with van der Waals surface area (Å²) < 4.78 is 0. The second-order valence-corrected chi connectivity index (χ2v) is 15.4. The lowest BCUT2D eigenvalue weighted by molar-refractivity contribution is -0.144. The van der Waals surface area contributed by atoms with Crippen LogP contribution in [0, 0.1) is 5.92 Å². The van der Waals surface area contributed by atoms with Crippen LogP contribution in [-0.4, -0.2) is 64.7 Å². The van der Waals surface area contributed by atoms with E-state index >= 15 is 0 Å². The lowest BCUT2D eigenvalue weighted by Gasteiger charge is -2.26. The zero-order valence-electron chi connectivity index (χ0n) is 31.6. The van der Waals surface area contributed by atoms with Crippen molar-refractivity contribution in [3.05, 3.63) is 148 Å². The highest BCUT2D eigenvalue weighted by molar-refractivity contribution is 7.09. The van der Waals surface area contributed by atoms with Crippen LogP contribution in [0.2, 0.25) is 0 Å². The second kappa shape index (κ2) is 19.6. The van der Waals surface area contributed by atoms with Gasteiger partial charge in [0.25, 0.3) is 0 Å². The van der Waals surface area contributed by atoms with Gasteiger partial charge in [-0.05, 0) is 64.2 Å². The Morgan fingerprint density at radius 1 is 0.603 bits per heavy atom. The van der Waals surface area contributed by atoms with Crippen molar-refractivity contribution < 1.29 is 33.9 Å². The molecule has 2 aliphatic heterocycles. The Kier molecular flexibility index (Phi) is 13.9. The van der Waals surface area contributed by atoms with Gasteiger partial charge in [-0.15, -0.1) is 11.3 Å². The summed E-state index contributed by atoms with van der Waals surface area (Å²) in [5.41, 5.74) is 10.6. The predicted molar refractivity (Wildman–Crippen MR) is 222 cm³/mol. The third-order valence-corrected chi connectivity index (χ3v) is 10.9. The van der Waals surface area contributed by atoms with Gasteiger partial charge in [-0.2, -0.15) is 0 Å². The van der Waals surface area contributed by atoms with E-state index in [-0.39, 0.29) is 32.1 Å². The van der Waals surface area contributed by atoms with E-state index in [4.69, 9.17) is 5.73 Å². The Hall–Kier alpha value is -6.44. The molecule has 13 heteroatoms. The molecule has 298 valence electrons. The predicted octanol–water partition coefficient (Wildman–Crippen LogP) is 4.47. The Labute approximate surface area is 340 Å². The number of Topliss-reactive ketones (excluding diaryl/α,β-unsaturated/α-hetero) is 1. The minimum atomic E-state index is -1.31. The summed E-state index contributed by atoms with van der Waals surface area (Å²) in [5.74, 6) is -5.42. The maximum absolute atomic E-state index is 14.4. The molecule has 0 radical (unpaired) electrons. The standard InChI is InChI=1S/C45H45N5O7S/c46-36-27-41(52)47-34-19-15-29(16-20-34)22-33(45(56)57)25-40(51)37(23-28-8-3-1-4-9-28)48-43(54)38(24-30-13-17-32(18-14-30)31-10-5-2-6-11-31)50-44(55)39(49-42(36)53)26-35-12-7-21-58-35/h1-21,33,36-39H,22-27,46H2,(H,47,52)(H,48,54)(H,49,53)(H,50,55)(H,56,57)/t33-,36+,37-,38+,39-/m1/s1. The highest BCUT2D eigenvalue weighted by atomic mass is 32.1. The fourth-order valence-corrected chi connectivity index (χ4v) is 7.56. The number of rotatable bonds is 8. The lowest BCUT2D eigenvalue weighted by Crippen LogP contribution is -2.58. The van der Waals surface area contributed by atoms with E-state index in [1.165, 1.54) is 11.3 Å². The number of ketones is 1. The van der Waals surface area contributed by atoms with E-state index in [1.54, 1.807) is 36.4 Å². The van der Waals surface area contributed by atoms with Gasteiger partial charge >= 0.3 is 5.97 Å². The van der Waals surface area contributed by atoms with Crippen LogP contribution in [0.25, 0.3) is 11.1 Å². The molecule has 5 aromatic rings. The summed E-state index contributed by atoms with van der Waals surface area (Å²) in [6, 6.07) is 31.6. The van der Waals surface area contributed by atoms with Gasteiger partial charge in [0.15, 0.2) is 5.78 Å². The van der Waals surface area contributed by atoms with Crippen molar-refractivity contribution in [2.24, 2.45) is 11.7 Å². The molecule has 0 saturated heterocycles. The van der Waals surface area contributed by atoms with Crippen molar-refractivity contribution in [3.8, 4) is 11.1 Å². The molecule has 7 rings (SSSR count). The number of carbonyl (C=O) groups is 6. The number of thiophene rings is 1. The van der Waals surface area contributed by atoms with Crippen LogP contribution < -0.4 is 27.0 Å². The van der Waals surface area contributed by atoms with Gasteiger partial charge in [-0.25, -0.2) is 0 Å². The third-order valence-electron chi connectivity index (χ3n) is 10.00. The molecule has 12 nitrogen and oxygen atoms in total. The summed E-state index contributed by atoms with van der Waals surface area (Å²) in [5, 5.41) is 23.1. The molecule has 3 heterocycles. The zero-order valence-corrected chi connectivity index (χ0v) is 32.5. The molecule has 4 amide bonds. The van der Waals surface area contributed by atoms with Crippen molar-refractivity contribution in [1.29, 1.82) is 0 Å². The SMILES string of the molecule is N[C@H]1CC(=O)Nc2ccc(cc2)C[C@@H](C(=O)O)CC(=O)[C@@H](Cc2ccccc2)NC(=O)[C@H](Cc2ccc(-c3ccccc3)cc2)NC(=O)[C@@H](Cc2cccs2)NC1=O. The topological polar surface area (TPSA) is 197 Å². The Bertz CT molecular complexity index is 2200. The monoisotopic (exact) mass is 799 g/mol. The largest absolute Gasteiger partial charge is 0.481 e. The number of hydrogen-bond donors (Lipinski definition) is 6. The van der Waals surface area contributed by atoms with Gasteiger partial charge < -0.3 is 32.1 Å². The number of carbonyl (C=O) groups excluding carboxylic acids is 5. The number of benzene rings is 4. The van der Waals surface area contributed by atoms with Crippen molar-refractivity contribution >= 4 is 52.4 Å². The molecule has 1 aromatic heterocycles. The average molecular weight is 800 g/mol. The van der Waals surface area contributed by atoms with Crippen LogP contribution in [0.15, 0.2) is 127 Å². The highest BCUT2D eigenvalue weighted by Gasteiger charge is 2.33. The van der Waals surface area contributed by atoms with E-state index < -0.39 is 71.9 Å². The summed E-state index contributed by atoms with van der Waals surface area (Å²) in [7, 11) is 0. The number of hydrogen-bond acceptors (Lipinski definition) is 8. The molecule has 4 aromatic carbocycles. The fourth-order valence-electron chi connectivity index (χ4n) is 6.81. The maximum Gasteiger partial charge on any atom is 0.307 e. The van der Waals surface area contributed by atoms with Crippen LogP contribution in [0.5, 0.6) is 0 Å². The molecule has 7 N–H and O–H groups in total. The summed E-state index contributed by atoms with van der Waals surface area (Å²) in [4.78, 5) is 82.5. The third kappa shape index (κ3) is 11.6. The molecule has 0 aliphatic carbocycles. The van der Waals surface area contributed by atoms with Gasteiger partial charge in [0.05, 0.1) is 24.4 Å². The second-order valence-electron chi connectivity index (χ2n) is 14.4. The normalized spacial score (nSPS) is 21.2. The molecule has 0 saturated carbocycles. The van der Waals surface area contributed by atoms with Gasteiger partial charge in [0.2, 0.25) is 23.6 Å². The number of carboxylic acids is 1. The summed E-state index contributed by atoms with van der Waals surface area (Å²) >= 11 is 1.38. The number of amides is 4. The minimum Gasteiger partial charge on any atom is -0.481 e. The van der Waals surface area contributed by atoms with E-state index in [9.17, 15) is 33.9 Å². The number of nitrogens with one attached hydrogen (secondary N) is 4. The van der Waals surface area contributed by atoms with Crippen LogP contribution >= 0.6 is 11.3 Å². The quantitative estimate of drug-likeness (QED) is 0.124. The smallest absolute Gasteiger partial charge is 0.307 e. The molecule has 0 fully saturated rings. The molecule has 58 heavy (non-hydrogen) atoms. The van der Waals surface area contributed by atoms with E-state index in [2.05, 4.69) is 21.3 Å². The highest BCUT2D eigenvalue weighted by Crippen LogP contribution is 2.22. The van der Waals surface area contributed by atoms with Gasteiger partial charge in [0.1, 0.15) is 12.1 Å².